The third kappa shape index (κ3) is 3.33. The first-order valence-corrected chi connectivity index (χ1v) is 7.37. The normalized spacial score (nSPS) is 14.7. The zero-order chi connectivity index (χ0) is 16.2. The number of rotatable bonds is 4. The molecule has 0 unspecified atom stereocenters. The fourth-order valence-electron chi connectivity index (χ4n) is 2.56. The van der Waals surface area contributed by atoms with Crippen molar-refractivity contribution in [3.05, 3.63) is 42.2 Å². The van der Waals surface area contributed by atoms with E-state index in [4.69, 9.17) is 9.84 Å². The topological polar surface area (TPSA) is 78.8 Å². The molecule has 7 heteroatoms. The monoisotopic (exact) mass is 314 g/mol. The average Bonchev–Trinajstić information content (AvgIpc) is 2.62. The van der Waals surface area contributed by atoms with Crippen LogP contribution >= 0.6 is 0 Å². The quantitative estimate of drug-likeness (QED) is 0.916. The Kier molecular flexibility index (Phi) is 4.27. The summed E-state index contributed by atoms with van der Waals surface area (Å²) in [5, 5.41) is 9.03. The second kappa shape index (κ2) is 6.51. The van der Waals surface area contributed by atoms with Crippen LogP contribution < -0.4 is 14.5 Å². The minimum Gasteiger partial charge on any atom is -0.495 e. The van der Waals surface area contributed by atoms with Crippen molar-refractivity contribution in [1.82, 2.24) is 9.97 Å². The Labute approximate surface area is 134 Å². The zero-order valence-electron chi connectivity index (χ0n) is 12.8. The summed E-state index contributed by atoms with van der Waals surface area (Å²) in [7, 11) is 1.62. The summed E-state index contributed by atoms with van der Waals surface area (Å²) >= 11 is 0. The molecule has 1 aliphatic rings. The van der Waals surface area contributed by atoms with Crippen LogP contribution in [0.5, 0.6) is 5.75 Å². The number of hydrogen-bond acceptors (Lipinski definition) is 6. The summed E-state index contributed by atoms with van der Waals surface area (Å²) in [5.74, 6) is 1.35. The number of nitrogens with zero attached hydrogens (tertiary/aromatic N) is 4. The fourth-order valence-corrected chi connectivity index (χ4v) is 2.56. The van der Waals surface area contributed by atoms with Crippen molar-refractivity contribution in [1.29, 1.82) is 0 Å². The van der Waals surface area contributed by atoms with Gasteiger partial charge in [-0.25, -0.2) is 14.8 Å². The SMILES string of the molecule is COc1ccc(N2CCN(c3cccc(C(=O)O)n3)CC2)nc1. The maximum absolute atomic E-state index is 11.0. The van der Waals surface area contributed by atoms with E-state index >= 15 is 0 Å². The Morgan fingerprint density at radius 3 is 2.35 bits per heavy atom. The second-order valence-electron chi connectivity index (χ2n) is 5.22. The van der Waals surface area contributed by atoms with Gasteiger partial charge in [-0.05, 0) is 24.3 Å². The Morgan fingerprint density at radius 2 is 1.78 bits per heavy atom. The summed E-state index contributed by atoms with van der Waals surface area (Å²) in [6, 6.07) is 8.91. The Balaban J connectivity index is 1.65. The Morgan fingerprint density at radius 1 is 1.09 bits per heavy atom. The van der Waals surface area contributed by atoms with Crippen molar-refractivity contribution in [3.63, 3.8) is 0 Å². The molecule has 0 aliphatic carbocycles. The lowest BCUT2D eigenvalue weighted by Gasteiger charge is -2.36. The number of anilines is 2. The number of aromatic nitrogens is 2. The van der Waals surface area contributed by atoms with Gasteiger partial charge in [0.2, 0.25) is 0 Å². The number of methoxy groups -OCH3 is 1. The third-order valence-electron chi connectivity index (χ3n) is 3.84. The molecule has 3 rings (SSSR count). The van der Waals surface area contributed by atoms with E-state index in [9.17, 15) is 4.79 Å². The number of piperazine rings is 1. The summed E-state index contributed by atoms with van der Waals surface area (Å²) in [5.41, 5.74) is 0.0711. The molecule has 0 saturated carbocycles. The lowest BCUT2D eigenvalue weighted by atomic mass is 10.2. The molecule has 1 fully saturated rings. The van der Waals surface area contributed by atoms with E-state index in [0.29, 0.717) is 5.82 Å². The second-order valence-corrected chi connectivity index (χ2v) is 5.22. The van der Waals surface area contributed by atoms with E-state index in [1.165, 1.54) is 6.07 Å². The number of hydrogen-bond donors (Lipinski definition) is 1. The van der Waals surface area contributed by atoms with Crippen molar-refractivity contribution in [2.75, 3.05) is 43.1 Å². The van der Waals surface area contributed by atoms with E-state index in [1.807, 2.05) is 18.2 Å². The van der Waals surface area contributed by atoms with E-state index < -0.39 is 5.97 Å². The molecule has 0 amide bonds. The Bertz CT molecular complexity index is 682. The minimum atomic E-state index is -1.01. The van der Waals surface area contributed by atoms with Crippen molar-refractivity contribution in [2.45, 2.75) is 0 Å². The van der Waals surface area contributed by atoms with Crippen LogP contribution in [-0.2, 0) is 0 Å². The smallest absolute Gasteiger partial charge is 0.354 e. The van der Waals surface area contributed by atoms with Gasteiger partial charge >= 0.3 is 5.97 Å². The van der Waals surface area contributed by atoms with Crippen molar-refractivity contribution < 1.29 is 14.6 Å². The van der Waals surface area contributed by atoms with Gasteiger partial charge in [0.25, 0.3) is 0 Å². The van der Waals surface area contributed by atoms with Crippen LogP contribution in [0.15, 0.2) is 36.5 Å². The number of ether oxygens (including phenoxy) is 1. The van der Waals surface area contributed by atoms with Crippen molar-refractivity contribution in [3.8, 4) is 5.75 Å². The van der Waals surface area contributed by atoms with Crippen LogP contribution in [0.25, 0.3) is 0 Å². The van der Waals surface area contributed by atoms with Gasteiger partial charge in [-0.1, -0.05) is 6.07 Å². The number of carboxylic acids is 1. The zero-order valence-corrected chi connectivity index (χ0v) is 12.8. The number of pyridine rings is 2. The molecule has 1 aliphatic heterocycles. The maximum atomic E-state index is 11.0. The fraction of sp³-hybridized carbons (Fsp3) is 0.312. The number of aromatic carboxylic acids is 1. The van der Waals surface area contributed by atoms with Gasteiger partial charge in [0.05, 0.1) is 13.3 Å². The van der Waals surface area contributed by atoms with Crippen LogP contribution in [0.3, 0.4) is 0 Å². The van der Waals surface area contributed by atoms with E-state index in [1.54, 1.807) is 19.4 Å². The summed E-state index contributed by atoms with van der Waals surface area (Å²) in [6.07, 6.45) is 1.71. The van der Waals surface area contributed by atoms with Crippen LogP contribution in [0.1, 0.15) is 10.5 Å². The maximum Gasteiger partial charge on any atom is 0.354 e. The predicted molar refractivity (Wildman–Crippen MR) is 86.4 cm³/mol. The first-order valence-electron chi connectivity index (χ1n) is 7.37. The standard InChI is InChI=1S/C16H18N4O3/c1-23-12-5-6-14(17-11-12)19-7-9-20(10-8-19)15-4-2-3-13(18-15)16(21)22/h2-6,11H,7-10H2,1H3,(H,21,22). The van der Waals surface area contributed by atoms with Gasteiger partial charge in [-0.3, -0.25) is 0 Å². The highest BCUT2D eigenvalue weighted by molar-refractivity contribution is 5.85. The molecule has 7 nitrogen and oxygen atoms in total. The molecular formula is C16H18N4O3. The van der Waals surface area contributed by atoms with E-state index in [-0.39, 0.29) is 5.69 Å². The van der Waals surface area contributed by atoms with Crippen molar-refractivity contribution in [2.24, 2.45) is 0 Å². The lowest BCUT2D eigenvalue weighted by Crippen LogP contribution is -2.47. The van der Waals surface area contributed by atoms with E-state index in [2.05, 4.69) is 19.8 Å². The predicted octanol–water partition coefficient (Wildman–Crippen LogP) is 1.51. The van der Waals surface area contributed by atoms with Gasteiger partial charge in [0.15, 0.2) is 5.69 Å². The van der Waals surface area contributed by atoms with Crippen LogP contribution in [0.4, 0.5) is 11.6 Å². The summed E-state index contributed by atoms with van der Waals surface area (Å²) in [6.45, 7) is 3.14. The summed E-state index contributed by atoms with van der Waals surface area (Å²) in [4.78, 5) is 23.9. The molecular weight excluding hydrogens is 296 g/mol. The molecule has 0 aromatic carbocycles. The van der Waals surface area contributed by atoms with Gasteiger partial charge in [-0.2, -0.15) is 0 Å². The van der Waals surface area contributed by atoms with Crippen LogP contribution in [-0.4, -0.2) is 54.3 Å². The van der Waals surface area contributed by atoms with Gasteiger partial charge in [0.1, 0.15) is 17.4 Å². The lowest BCUT2D eigenvalue weighted by molar-refractivity contribution is 0.0690. The highest BCUT2D eigenvalue weighted by Crippen LogP contribution is 2.19. The molecule has 1 N–H and O–H groups in total. The van der Waals surface area contributed by atoms with Gasteiger partial charge in [0, 0.05) is 26.2 Å². The molecule has 0 bridgehead atoms. The first kappa shape index (κ1) is 15.1. The highest BCUT2D eigenvalue weighted by Gasteiger charge is 2.19. The largest absolute Gasteiger partial charge is 0.495 e. The van der Waals surface area contributed by atoms with Crippen LogP contribution in [0, 0.1) is 0 Å². The number of carboxylic acid groups (broad SMARTS) is 1. The van der Waals surface area contributed by atoms with Gasteiger partial charge < -0.3 is 19.6 Å². The minimum absolute atomic E-state index is 0.0711. The third-order valence-corrected chi connectivity index (χ3v) is 3.84. The Hall–Kier alpha value is -2.83. The van der Waals surface area contributed by atoms with Crippen molar-refractivity contribution >= 4 is 17.6 Å². The highest BCUT2D eigenvalue weighted by atomic mass is 16.5. The van der Waals surface area contributed by atoms with Gasteiger partial charge in [-0.15, -0.1) is 0 Å². The summed E-state index contributed by atoms with van der Waals surface area (Å²) < 4.78 is 5.12. The molecule has 0 spiro atoms. The average molecular weight is 314 g/mol. The molecule has 23 heavy (non-hydrogen) atoms. The molecule has 0 atom stereocenters. The molecule has 2 aromatic rings. The first-order chi connectivity index (χ1) is 11.2. The molecule has 3 heterocycles. The molecule has 120 valence electrons. The molecule has 1 saturated heterocycles. The molecule has 0 radical (unpaired) electrons. The van der Waals surface area contributed by atoms with E-state index in [0.717, 1.165) is 37.7 Å². The number of carbonyl (C=O) groups is 1. The van der Waals surface area contributed by atoms with Crippen LogP contribution in [0.2, 0.25) is 0 Å². The molecule has 2 aromatic heterocycles.